The number of carbonyl (C=O) groups is 3. The van der Waals surface area contributed by atoms with Crippen molar-refractivity contribution in [3.05, 3.63) is 53.1 Å². The molecule has 0 saturated carbocycles. The van der Waals surface area contributed by atoms with Crippen LogP contribution in [0.1, 0.15) is 37.5 Å². The number of hydrogen-bond donors (Lipinski definition) is 11. The predicted molar refractivity (Wildman–Crippen MR) is 141 cm³/mol. The Balaban J connectivity index is 1.74. The fourth-order valence-corrected chi connectivity index (χ4v) is 3.63. The molecule has 0 aliphatic carbocycles. The zero-order chi connectivity index (χ0) is 32.9. The number of esters is 3. The summed E-state index contributed by atoms with van der Waals surface area (Å²) in [6.45, 7) is -1.59. The molecule has 0 aliphatic heterocycles. The first-order valence-corrected chi connectivity index (χ1v) is 12.3. The first-order chi connectivity index (χ1) is 20.6. The summed E-state index contributed by atoms with van der Waals surface area (Å²) < 4.78 is 14.9. The van der Waals surface area contributed by atoms with Gasteiger partial charge in [0.25, 0.3) is 0 Å². The lowest BCUT2D eigenvalue weighted by Crippen LogP contribution is -2.44. The van der Waals surface area contributed by atoms with Crippen LogP contribution < -0.4 is 0 Å². The molecule has 0 aromatic heterocycles. The van der Waals surface area contributed by atoms with Gasteiger partial charge in [-0.1, -0.05) is 0 Å². The zero-order valence-corrected chi connectivity index (χ0v) is 22.2. The molecule has 44 heavy (non-hydrogen) atoms. The molecule has 3 aromatic carbocycles. The van der Waals surface area contributed by atoms with E-state index in [1.165, 1.54) is 0 Å². The van der Waals surface area contributed by atoms with Crippen LogP contribution in [0.4, 0.5) is 0 Å². The Morgan fingerprint density at radius 2 is 0.864 bits per heavy atom. The maximum absolute atomic E-state index is 12.7. The largest absolute Gasteiger partial charge is 0.504 e. The molecule has 3 rings (SSSR count). The second-order valence-electron chi connectivity index (χ2n) is 9.12. The number of carbonyl (C=O) groups excluding carboxylic acids is 3. The zero-order valence-electron chi connectivity index (χ0n) is 22.2. The molecule has 0 aliphatic rings. The quantitative estimate of drug-likeness (QED) is 0.0782. The molecule has 0 amide bonds. The number of phenols is 9. The minimum absolute atomic E-state index is 0.388. The standard InChI is InChI=1S/C27H26O17/c28-13(1-2-42-25(39)10-3-14(29)21(36)15(30)4-10)24(44-27(41)12-7-18(33)23(38)19(34)8-12)20(35)9-43-26(40)11-5-16(31)22(37)17(32)6-11/h3-8,13,20,24,28-38H,1-2,9H2/t13-,20+,24+/m1/s1. The van der Waals surface area contributed by atoms with Crippen molar-refractivity contribution in [2.24, 2.45) is 0 Å². The third kappa shape index (κ3) is 7.52. The molecule has 11 N–H and O–H groups in total. The average molecular weight is 622 g/mol. The van der Waals surface area contributed by atoms with E-state index in [-0.39, 0.29) is 5.56 Å². The Labute approximate surface area is 245 Å². The van der Waals surface area contributed by atoms with E-state index in [4.69, 9.17) is 14.2 Å². The molecule has 0 saturated heterocycles. The van der Waals surface area contributed by atoms with Gasteiger partial charge >= 0.3 is 17.9 Å². The van der Waals surface area contributed by atoms with Gasteiger partial charge in [0.2, 0.25) is 0 Å². The van der Waals surface area contributed by atoms with Crippen molar-refractivity contribution in [2.75, 3.05) is 13.2 Å². The molecular weight excluding hydrogens is 596 g/mol. The molecule has 3 aromatic rings. The van der Waals surface area contributed by atoms with Crippen LogP contribution in [-0.4, -0.2) is 106 Å². The van der Waals surface area contributed by atoms with Crippen molar-refractivity contribution < 1.29 is 84.8 Å². The van der Waals surface area contributed by atoms with Gasteiger partial charge in [-0.25, -0.2) is 14.4 Å². The van der Waals surface area contributed by atoms with Gasteiger partial charge in [-0.15, -0.1) is 0 Å². The van der Waals surface area contributed by atoms with Gasteiger partial charge < -0.3 is 70.4 Å². The number of phenolic OH excluding ortho intramolecular Hbond substituents is 9. The van der Waals surface area contributed by atoms with E-state index in [2.05, 4.69) is 0 Å². The highest BCUT2D eigenvalue weighted by Crippen LogP contribution is 2.37. The summed E-state index contributed by atoms with van der Waals surface area (Å²) in [7, 11) is 0. The minimum atomic E-state index is -2.00. The van der Waals surface area contributed by atoms with Crippen molar-refractivity contribution in [3.63, 3.8) is 0 Å². The summed E-state index contributed by atoms with van der Waals surface area (Å²) in [5, 5.41) is 107. The van der Waals surface area contributed by atoms with Crippen LogP contribution in [0.5, 0.6) is 51.7 Å². The summed E-state index contributed by atoms with van der Waals surface area (Å²) >= 11 is 0. The SMILES string of the molecule is O=C(OCC[C@@H](O)[C@H](OC(=O)c1cc(O)c(O)c(O)c1)[C@@H](O)COC(=O)c1cc(O)c(O)c(O)c1)c1cc(O)c(O)c(O)c1. The van der Waals surface area contributed by atoms with E-state index < -0.39 is 119 Å². The van der Waals surface area contributed by atoms with E-state index in [1.807, 2.05) is 0 Å². The third-order valence-electron chi connectivity index (χ3n) is 5.95. The molecule has 0 heterocycles. The highest BCUT2D eigenvalue weighted by molar-refractivity contribution is 5.92. The number of rotatable bonds is 11. The summed E-state index contributed by atoms with van der Waals surface area (Å²) in [6.07, 6.45) is -6.35. The third-order valence-corrected chi connectivity index (χ3v) is 5.95. The van der Waals surface area contributed by atoms with Gasteiger partial charge in [-0.2, -0.15) is 0 Å². The van der Waals surface area contributed by atoms with Crippen LogP contribution in [-0.2, 0) is 14.2 Å². The number of benzene rings is 3. The molecule has 0 unspecified atom stereocenters. The van der Waals surface area contributed by atoms with Crippen LogP contribution in [0.3, 0.4) is 0 Å². The van der Waals surface area contributed by atoms with Crippen molar-refractivity contribution in [3.8, 4) is 51.7 Å². The topological polar surface area (TPSA) is 301 Å². The lowest BCUT2D eigenvalue weighted by atomic mass is 10.1. The van der Waals surface area contributed by atoms with E-state index in [1.54, 1.807) is 0 Å². The molecule has 0 bridgehead atoms. The highest BCUT2D eigenvalue weighted by atomic mass is 16.6. The van der Waals surface area contributed by atoms with Crippen LogP contribution in [0.15, 0.2) is 36.4 Å². The van der Waals surface area contributed by atoms with E-state index >= 15 is 0 Å². The summed E-state index contributed by atoms with van der Waals surface area (Å²) in [5.41, 5.74) is -1.40. The van der Waals surface area contributed by atoms with Crippen molar-refractivity contribution in [1.82, 2.24) is 0 Å². The smallest absolute Gasteiger partial charge is 0.338 e. The lowest BCUT2D eigenvalue weighted by molar-refractivity contribution is -0.0946. The van der Waals surface area contributed by atoms with Crippen molar-refractivity contribution >= 4 is 17.9 Å². The second kappa shape index (κ2) is 13.4. The molecule has 3 atom stereocenters. The average Bonchev–Trinajstić information content (AvgIpc) is 2.97. The van der Waals surface area contributed by atoms with Gasteiger partial charge in [-0.05, 0) is 36.4 Å². The number of aliphatic hydroxyl groups is 2. The summed E-state index contributed by atoms with van der Waals surface area (Å²) in [5.74, 6) is -11.7. The minimum Gasteiger partial charge on any atom is -0.504 e. The van der Waals surface area contributed by atoms with Gasteiger partial charge in [0.05, 0.1) is 29.4 Å². The second-order valence-corrected chi connectivity index (χ2v) is 9.12. The molecule has 0 fully saturated rings. The van der Waals surface area contributed by atoms with Crippen LogP contribution >= 0.6 is 0 Å². The molecule has 236 valence electrons. The monoisotopic (exact) mass is 622 g/mol. The Morgan fingerprint density at radius 1 is 0.523 bits per heavy atom. The summed E-state index contributed by atoms with van der Waals surface area (Å²) in [6, 6.07) is 4.44. The number of hydrogen-bond acceptors (Lipinski definition) is 17. The Morgan fingerprint density at radius 3 is 1.25 bits per heavy atom. The van der Waals surface area contributed by atoms with Gasteiger partial charge in [-0.3, -0.25) is 0 Å². The van der Waals surface area contributed by atoms with E-state index in [0.717, 1.165) is 24.3 Å². The van der Waals surface area contributed by atoms with Gasteiger partial charge in [0, 0.05) is 6.42 Å². The molecule has 0 spiro atoms. The Bertz CT molecular complexity index is 1500. The van der Waals surface area contributed by atoms with Crippen molar-refractivity contribution in [2.45, 2.75) is 24.7 Å². The Hall–Kier alpha value is -5.81. The Kier molecular flexibility index (Phi) is 9.99. The van der Waals surface area contributed by atoms with E-state index in [9.17, 15) is 70.6 Å². The fraction of sp³-hybridized carbons (Fsp3) is 0.222. The maximum atomic E-state index is 12.7. The predicted octanol–water partition coefficient (Wildman–Crippen LogP) is 0.388. The van der Waals surface area contributed by atoms with Crippen LogP contribution in [0, 0.1) is 0 Å². The maximum Gasteiger partial charge on any atom is 0.338 e. The molecular formula is C27H26O17. The fourth-order valence-electron chi connectivity index (χ4n) is 3.63. The van der Waals surface area contributed by atoms with Crippen molar-refractivity contribution in [1.29, 1.82) is 0 Å². The number of ether oxygens (including phenoxy) is 3. The number of aromatic hydroxyl groups is 9. The highest BCUT2D eigenvalue weighted by Gasteiger charge is 2.33. The summed E-state index contributed by atoms with van der Waals surface area (Å²) in [4.78, 5) is 37.3. The molecule has 17 nitrogen and oxygen atoms in total. The van der Waals surface area contributed by atoms with E-state index in [0.29, 0.717) is 12.1 Å². The first-order valence-electron chi connectivity index (χ1n) is 12.3. The van der Waals surface area contributed by atoms with Gasteiger partial charge in [0.1, 0.15) is 12.7 Å². The van der Waals surface area contributed by atoms with Crippen LogP contribution in [0.25, 0.3) is 0 Å². The molecule has 0 radical (unpaired) electrons. The lowest BCUT2D eigenvalue weighted by Gasteiger charge is -2.27. The van der Waals surface area contributed by atoms with Gasteiger partial charge in [0.15, 0.2) is 57.8 Å². The number of aliphatic hydroxyl groups excluding tert-OH is 2. The normalized spacial score (nSPS) is 13.0. The first kappa shape index (κ1) is 32.7. The van der Waals surface area contributed by atoms with Crippen LogP contribution in [0.2, 0.25) is 0 Å². The molecule has 17 heteroatoms.